The van der Waals surface area contributed by atoms with Crippen LogP contribution in [0.3, 0.4) is 0 Å². The minimum absolute atomic E-state index is 0.0474. The Kier molecular flexibility index (Phi) is 5.80. The Labute approximate surface area is 179 Å². The first-order chi connectivity index (χ1) is 15.1. The first-order valence-electron chi connectivity index (χ1n) is 10.2. The van der Waals surface area contributed by atoms with Crippen molar-refractivity contribution in [3.05, 3.63) is 104 Å². The maximum absolute atomic E-state index is 12.9. The highest BCUT2D eigenvalue weighted by Gasteiger charge is 2.24. The number of hydrogen-bond acceptors (Lipinski definition) is 4. The molecule has 1 aliphatic rings. The van der Waals surface area contributed by atoms with Gasteiger partial charge in [-0.1, -0.05) is 60.7 Å². The van der Waals surface area contributed by atoms with Crippen LogP contribution in [-0.2, 0) is 30.7 Å². The van der Waals surface area contributed by atoms with E-state index in [4.69, 9.17) is 0 Å². The first-order valence-corrected chi connectivity index (χ1v) is 10.2. The van der Waals surface area contributed by atoms with Crippen LogP contribution in [-0.4, -0.2) is 15.0 Å². The lowest BCUT2D eigenvalue weighted by Gasteiger charge is -2.20. The first kappa shape index (κ1) is 20.4. The Balaban J connectivity index is 1.61. The Hall–Kier alpha value is -3.92. The van der Waals surface area contributed by atoms with E-state index < -0.39 is 23.7 Å². The SMILES string of the molecule is N#Cc1c2n(c(=O)n(CC(=O)N[C@H](Cc3ccccc3)c3ccccc3)c1=O)CCC2. The standard InChI is InChI=1S/C24H22N4O3/c25-15-19-21-12-7-13-27(21)24(31)28(23(19)30)16-22(29)26-20(18-10-5-2-6-11-18)14-17-8-3-1-4-9-17/h1-6,8-11,20H,7,12-14,16H2,(H,26,29)/t20-/m1/s1. The van der Waals surface area contributed by atoms with E-state index >= 15 is 0 Å². The summed E-state index contributed by atoms with van der Waals surface area (Å²) in [6.07, 6.45) is 1.79. The average molecular weight is 414 g/mol. The Morgan fingerprint density at radius 3 is 2.42 bits per heavy atom. The van der Waals surface area contributed by atoms with Crippen molar-refractivity contribution in [3.8, 4) is 6.07 Å². The molecule has 0 aliphatic carbocycles. The number of amides is 1. The molecule has 7 heteroatoms. The van der Waals surface area contributed by atoms with Gasteiger partial charge in [0, 0.05) is 12.2 Å². The van der Waals surface area contributed by atoms with Crippen LogP contribution in [0.25, 0.3) is 0 Å². The topological polar surface area (TPSA) is 96.9 Å². The lowest BCUT2D eigenvalue weighted by Crippen LogP contribution is -2.45. The zero-order valence-corrected chi connectivity index (χ0v) is 17.0. The highest BCUT2D eigenvalue weighted by Crippen LogP contribution is 2.18. The summed E-state index contributed by atoms with van der Waals surface area (Å²) in [6, 6.07) is 20.9. The normalized spacial score (nSPS) is 13.3. The molecule has 0 spiro atoms. The van der Waals surface area contributed by atoms with Gasteiger partial charge in [-0.3, -0.25) is 14.2 Å². The van der Waals surface area contributed by atoms with Crippen molar-refractivity contribution >= 4 is 5.91 Å². The van der Waals surface area contributed by atoms with Crippen LogP contribution in [0.15, 0.2) is 70.3 Å². The number of nitriles is 1. The Bertz CT molecular complexity index is 1250. The van der Waals surface area contributed by atoms with Crippen molar-refractivity contribution in [1.82, 2.24) is 14.5 Å². The fraction of sp³-hybridized carbons (Fsp3) is 0.250. The molecule has 2 aromatic carbocycles. The predicted molar refractivity (Wildman–Crippen MR) is 115 cm³/mol. The highest BCUT2D eigenvalue weighted by atomic mass is 16.2. The molecule has 0 radical (unpaired) electrons. The Morgan fingerprint density at radius 1 is 1.06 bits per heavy atom. The van der Waals surface area contributed by atoms with Gasteiger partial charge in [-0.15, -0.1) is 0 Å². The van der Waals surface area contributed by atoms with Gasteiger partial charge < -0.3 is 5.32 Å². The number of benzene rings is 2. The lowest BCUT2D eigenvalue weighted by atomic mass is 9.99. The smallest absolute Gasteiger partial charge is 0.331 e. The zero-order chi connectivity index (χ0) is 21.8. The maximum atomic E-state index is 12.9. The van der Waals surface area contributed by atoms with Gasteiger partial charge in [-0.2, -0.15) is 5.26 Å². The number of carbonyl (C=O) groups is 1. The predicted octanol–water partition coefficient (Wildman–Crippen LogP) is 1.93. The highest BCUT2D eigenvalue weighted by molar-refractivity contribution is 5.76. The summed E-state index contributed by atoms with van der Waals surface area (Å²) in [4.78, 5) is 38.4. The molecule has 1 amide bonds. The van der Waals surface area contributed by atoms with Gasteiger partial charge in [0.25, 0.3) is 5.56 Å². The molecule has 2 heterocycles. The summed E-state index contributed by atoms with van der Waals surface area (Å²) < 4.78 is 2.30. The summed E-state index contributed by atoms with van der Waals surface area (Å²) in [5.41, 5.74) is 1.17. The third-order valence-electron chi connectivity index (χ3n) is 5.56. The molecule has 1 N–H and O–H groups in total. The number of nitrogens with zero attached hydrogens (tertiary/aromatic N) is 3. The molecule has 0 fully saturated rings. The fourth-order valence-electron chi connectivity index (χ4n) is 4.06. The van der Waals surface area contributed by atoms with E-state index in [0.29, 0.717) is 31.5 Å². The molecule has 7 nitrogen and oxygen atoms in total. The average Bonchev–Trinajstić information content (AvgIpc) is 3.28. The third-order valence-corrected chi connectivity index (χ3v) is 5.56. The van der Waals surface area contributed by atoms with Gasteiger partial charge in [0.05, 0.1) is 6.04 Å². The summed E-state index contributed by atoms with van der Waals surface area (Å²) in [5, 5.41) is 12.4. The number of rotatable bonds is 6. The van der Waals surface area contributed by atoms with Crippen molar-refractivity contribution in [1.29, 1.82) is 5.26 Å². The van der Waals surface area contributed by atoms with E-state index in [1.54, 1.807) is 0 Å². The van der Waals surface area contributed by atoms with Crippen LogP contribution in [0, 0.1) is 11.3 Å². The molecule has 0 saturated carbocycles. The molecular formula is C24H22N4O3. The summed E-state index contributed by atoms with van der Waals surface area (Å²) in [6.45, 7) is 0.0240. The molecule has 156 valence electrons. The van der Waals surface area contributed by atoms with E-state index in [-0.39, 0.29) is 11.6 Å². The van der Waals surface area contributed by atoms with Crippen LogP contribution in [0.2, 0.25) is 0 Å². The number of carbonyl (C=O) groups excluding carboxylic acids is 1. The molecule has 3 aromatic rings. The summed E-state index contributed by atoms with van der Waals surface area (Å²) in [7, 11) is 0. The van der Waals surface area contributed by atoms with E-state index in [1.165, 1.54) is 4.57 Å². The second-order valence-corrected chi connectivity index (χ2v) is 7.58. The molecule has 1 atom stereocenters. The molecule has 4 rings (SSSR count). The largest absolute Gasteiger partial charge is 0.347 e. The van der Waals surface area contributed by atoms with Crippen molar-refractivity contribution in [2.75, 3.05) is 0 Å². The van der Waals surface area contributed by atoms with Crippen LogP contribution in [0.4, 0.5) is 0 Å². The summed E-state index contributed by atoms with van der Waals surface area (Å²) >= 11 is 0. The van der Waals surface area contributed by atoms with Crippen molar-refractivity contribution in [3.63, 3.8) is 0 Å². The molecule has 0 bridgehead atoms. The number of fused-ring (bicyclic) bond motifs is 1. The minimum atomic E-state index is -0.699. The number of hydrogen-bond donors (Lipinski definition) is 1. The molecule has 1 aliphatic heterocycles. The Morgan fingerprint density at radius 2 is 1.74 bits per heavy atom. The van der Waals surface area contributed by atoms with E-state index in [1.807, 2.05) is 66.7 Å². The minimum Gasteiger partial charge on any atom is -0.347 e. The van der Waals surface area contributed by atoms with E-state index in [0.717, 1.165) is 15.7 Å². The van der Waals surface area contributed by atoms with Gasteiger partial charge in [0.15, 0.2) is 0 Å². The van der Waals surface area contributed by atoms with E-state index in [2.05, 4.69) is 5.32 Å². The molecule has 0 unspecified atom stereocenters. The van der Waals surface area contributed by atoms with Gasteiger partial charge >= 0.3 is 5.69 Å². The van der Waals surface area contributed by atoms with Crippen molar-refractivity contribution in [2.45, 2.75) is 38.4 Å². The third kappa shape index (κ3) is 4.19. The van der Waals surface area contributed by atoms with Crippen LogP contribution >= 0.6 is 0 Å². The lowest BCUT2D eigenvalue weighted by molar-refractivity contribution is -0.122. The molecular weight excluding hydrogens is 392 g/mol. The van der Waals surface area contributed by atoms with Crippen molar-refractivity contribution < 1.29 is 4.79 Å². The van der Waals surface area contributed by atoms with E-state index in [9.17, 15) is 19.6 Å². The van der Waals surface area contributed by atoms with Crippen LogP contribution in [0.1, 0.15) is 34.8 Å². The van der Waals surface area contributed by atoms with Crippen molar-refractivity contribution in [2.24, 2.45) is 0 Å². The zero-order valence-electron chi connectivity index (χ0n) is 17.0. The molecule has 31 heavy (non-hydrogen) atoms. The van der Waals surface area contributed by atoms with Gasteiger partial charge in [0.2, 0.25) is 5.91 Å². The van der Waals surface area contributed by atoms with Gasteiger partial charge in [0.1, 0.15) is 18.2 Å². The van der Waals surface area contributed by atoms with Crippen LogP contribution in [0.5, 0.6) is 0 Å². The number of aromatic nitrogens is 2. The molecule has 1 aromatic heterocycles. The van der Waals surface area contributed by atoms with Crippen LogP contribution < -0.4 is 16.6 Å². The summed E-state index contributed by atoms with van der Waals surface area (Å²) in [5.74, 6) is -0.452. The number of nitrogens with one attached hydrogen (secondary N) is 1. The van der Waals surface area contributed by atoms with Gasteiger partial charge in [-0.05, 0) is 30.4 Å². The monoisotopic (exact) mass is 414 g/mol. The maximum Gasteiger partial charge on any atom is 0.331 e. The van der Waals surface area contributed by atoms with Gasteiger partial charge in [-0.25, -0.2) is 9.36 Å². The second kappa shape index (κ2) is 8.84. The second-order valence-electron chi connectivity index (χ2n) is 7.58. The quantitative estimate of drug-likeness (QED) is 0.667. The fourth-order valence-corrected chi connectivity index (χ4v) is 4.06. The molecule has 0 saturated heterocycles.